The minimum absolute atomic E-state index is 0.309. The third-order valence-corrected chi connectivity index (χ3v) is 4.10. The molecule has 20 heavy (non-hydrogen) atoms. The van der Waals surface area contributed by atoms with Crippen molar-refractivity contribution in [2.24, 2.45) is 0 Å². The van der Waals surface area contributed by atoms with E-state index in [1.165, 1.54) is 18.0 Å². The lowest BCUT2D eigenvalue weighted by molar-refractivity contribution is 0.0965. The van der Waals surface area contributed by atoms with Crippen molar-refractivity contribution in [2.75, 3.05) is 6.26 Å². The minimum Gasteiger partial charge on any atom is -0.320 e. The van der Waals surface area contributed by atoms with Gasteiger partial charge in [0.2, 0.25) is 0 Å². The Kier molecular flexibility index (Phi) is 5.07. The third kappa shape index (κ3) is 3.34. The number of amides is 1. The van der Waals surface area contributed by atoms with Crippen LogP contribution in [0.4, 0.5) is 0 Å². The van der Waals surface area contributed by atoms with Crippen LogP contribution < -0.4 is 5.32 Å². The van der Waals surface area contributed by atoms with Gasteiger partial charge in [-0.05, 0) is 26.0 Å². The number of aryl methyl sites for hydroxylation is 1. The van der Waals surface area contributed by atoms with Gasteiger partial charge < -0.3 is 5.32 Å². The molecule has 0 aromatic carbocycles. The monoisotopic (exact) mass is 329 g/mol. The fraction of sp³-hybridized carbons (Fsp3) is 0.308. The van der Waals surface area contributed by atoms with Gasteiger partial charge in [-0.3, -0.25) is 4.79 Å². The van der Waals surface area contributed by atoms with E-state index < -0.39 is 0 Å². The Morgan fingerprint density at radius 3 is 2.80 bits per heavy atom. The van der Waals surface area contributed by atoms with Gasteiger partial charge in [0, 0.05) is 11.2 Å². The summed E-state index contributed by atoms with van der Waals surface area (Å²) in [6, 6.07) is 0. The molecule has 1 heterocycles. The van der Waals surface area contributed by atoms with E-state index in [1.807, 2.05) is 12.3 Å². The summed E-state index contributed by atoms with van der Waals surface area (Å²) in [7, 11) is 0. The highest BCUT2D eigenvalue weighted by atomic mass is 35.5. The molecule has 0 fully saturated rings. The van der Waals surface area contributed by atoms with E-state index in [4.69, 9.17) is 23.2 Å². The fourth-order valence-electron chi connectivity index (χ4n) is 1.76. The van der Waals surface area contributed by atoms with E-state index in [1.54, 1.807) is 6.92 Å². The number of aromatic nitrogens is 2. The zero-order valence-corrected chi connectivity index (χ0v) is 13.4. The number of thioether (sulfide) groups is 1. The van der Waals surface area contributed by atoms with E-state index in [0.717, 1.165) is 6.42 Å². The van der Waals surface area contributed by atoms with Crippen LogP contribution in [0, 0.1) is 6.92 Å². The Hall–Kier alpha value is -1.04. The molecule has 0 bridgehead atoms. The molecule has 2 rings (SSSR count). The van der Waals surface area contributed by atoms with E-state index in [9.17, 15) is 4.79 Å². The molecule has 0 atom stereocenters. The molecule has 0 saturated carbocycles. The normalized spacial score (nSPS) is 15.1. The van der Waals surface area contributed by atoms with Crippen molar-refractivity contribution in [1.82, 2.24) is 15.3 Å². The number of hydrogen-bond acceptors (Lipinski definition) is 4. The standard InChI is InChI=1S/C13H13Cl2N3OS/c1-7-8(6-16-13(17-7)20-2)12(19)18-11-9(14)4-3-5-10(11)15/h4,6H,3,5H2,1-2H3,(H,18,19). The summed E-state index contributed by atoms with van der Waals surface area (Å²) in [5.41, 5.74) is 1.50. The lowest BCUT2D eigenvalue weighted by Gasteiger charge is -2.16. The number of carbonyl (C=O) groups is 1. The highest BCUT2D eigenvalue weighted by Crippen LogP contribution is 2.28. The fourth-order valence-corrected chi connectivity index (χ4v) is 2.72. The molecule has 7 heteroatoms. The summed E-state index contributed by atoms with van der Waals surface area (Å²) in [5.74, 6) is -0.309. The zero-order chi connectivity index (χ0) is 14.7. The topological polar surface area (TPSA) is 54.9 Å². The van der Waals surface area contributed by atoms with Gasteiger partial charge in [0.15, 0.2) is 5.16 Å². The van der Waals surface area contributed by atoms with Gasteiger partial charge in [-0.15, -0.1) is 0 Å². The summed E-state index contributed by atoms with van der Waals surface area (Å²) < 4.78 is 0. The number of nitrogens with zero attached hydrogens (tertiary/aromatic N) is 2. The average molecular weight is 330 g/mol. The van der Waals surface area contributed by atoms with Crippen LogP contribution in [0.5, 0.6) is 0 Å². The second-order valence-corrected chi connectivity index (χ2v) is 5.82. The van der Waals surface area contributed by atoms with Crippen molar-refractivity contribution < 1.29 is 4.79 Å². The number of halogens is 2. The molecule has 0 saturated heterocycles. The SMILES string of the molecule is CSc1ncc(C(=O)NC2=C(Cl)CCC=C2Cl)c(C)n1. The first-order valence-electron chi connectivity index (χ1n) is 5.96. The molecule has 0 radical (unpaired) electrons. The van der Waals surface area contributed by atoms with Crippen molar-refractivity contribution in [3.63, 3.8) is 0 Å². The molecule has 1 amide bonds. The first-order valence-corrected chi connectivity index (χ1v) is 7.94. The van der Waals surface area contributed by atoms with Crippen LogP contribution in [-0.2, 0) is 0 Å². The molecule has 0 spiro atoms. The van der Waals surface area contributed by atoms with Crippen LogP contribution in [0.1, 0.15) is 28.9 Å². The number of carbonyl (C=O) groups excluding carboxylic acids is 1. The van der Waals surface area contributed by atoms with Crippen LogP contribution >= 0.6 is 35.0 Å². The number of hydrogen-bond donors (Lipinski definition) is 1. The molecule has 1 aromatic rings. The first-order chi connectivity index (χ1) is 9.52. The van der Waals surface area contributed by atoms with Crippen LogP contribution in [-0.4, -0.2) is 22.1 Å². The Labute approximate surface area is 131 Å². The van der Waals surface area contributed by atoms with E-state index in [0.29, 0.717) is 38.6 Å². The van der Waals surface area contributed by atoms with Gasteiger partial charge in [-0.25, -0.2) is 9.97 Å². The quantitative estimate of drug-likeness (QED) is 0.680. The van der Waals surface area contributed by atoms with Gasteiger partial charge in [-0.2, -0.15) is 0 Å². The van der Waals surface area contributed by atoms with Crippen LogP contribution in [0.2, 0.25) is 0 Å². The summed E-state index contributed by atoms with van der Waals surface area (Å²) in [5, 5.41) is 4.39. The van der Waals surface area contributed by atoms with Gasteiger partial charge in [-0.1, -0.05) is 41.0 Å². The van der Waals surface area contributed by atoms with E-state index >= 15 is 0 Å². The van der Waals surface area contributed by atoms with Crippen LogP contribution in [0.25, 0.3) is 0 Å². The van der Waals surface area contributed by atoms with Gasteiger partial charge in [0.05, 0.1) is 22.0 Å². The van der Waals surface area contributed by atoms with Crippen molar-refractivity contribution >= 4 is 40.9 Å². The summed E-state index contributed by atoms with van der Waals surface area (Å²) in [4.78, 5) is 20.6. The number of allylic oxidation sites excluding steroid dienone is 3. The van der Waals surface area contributed by atoms with Crippen molar-refractivity contribution in [3.05, 3.63) is 39.3 Å². The maximum absolute atomic E-state index is 12.2. The Morgan fingerprint density at radius 2 is 2.20 bits per heavy atom. The average Bonchev–Trinajstić information content (AvgIpc) is 2.42. The van der Waals surface area contributed by atoms with Crippen LogP contribution in [0.3, 0.4) is 0 Å². The van der Waals surface area contributed by atoms with Crippen molar-refractivity contribution in [1.29, 1.82) is 0 Å². The van der Waals surface area contributed by atoms with E-state index in [2.05, 4.69) is 15.3 Å². The maximum atomic E-state index is 12.2. The van der Waals surface area contributed by atoms with Crippen molar-refractivity contribution in [3.8, 4) is 0 Å². The molecule has 106 valence electrons. The van der Waals surface area contributed by atoms with E-state index in [-0.39, 0.29) is 5.91 Å². The van der Waals surface area contributed by atoms with Gasteiger partial charge >= 0.3 is 0 Å². The predicted octanol–water partition coefficient (Wildman–Crippen LogP) is 3.60. The lowest BCUT2D eigenvalue weighted by atomic mass is 10.1. The first kappa shape index (κ1) is 15.4. The molecule has 0 unspecified atom stereocenters. The molecule has 1 aliphatic rings. The molecular weight excluding hydrogens is 317 g/mol. The van der Waals surface area contributed by atoms with Crippen LogP contribution in [0.15, 0.2) is 33.2 Å². The second-order valence-electron chi connectivity index (χ2n) is 4.18. The Balaban J connectivity index is 2.23. The van der Waals surface area contributed by atoms with Gasteiger partial charge in [0.1, 0.15) is 0 Å². The maximum Gasteiger partial charge on any atom is 0.259 e. The smallest absolute Gasteiger partial charge is 0.259 e. The summed E-state index contributed by atoms with van der Waals surface area (Å²) in [6.07, 6.45) is 6.68. The lowest BCUT2D eigenvalue weighted by Crippen LogP contribution is -2.26. The highest BCUT2D eigenvalue weighted by Gasteiger charge is 2.18. The second kappa shape index (κ2) is 6.61. The highest BCUT2D eigenvalue weighted by molar-refractivity contribution is 7.98. The molecule has 0 aliphatic heterocycles. The van der Waals surface area contributed by atoms with Crippen molar-refractivity contribution in [2.45, 2.75) is 24.9 Å². The number of rotatable bonds is 3. The molecule has 1 aromatic heterocycles. The summed E-state index contributed by atoms with van der Waals surface area (Å²) >= 11 is 13.6. The third-order valence-electron chi connectivity index (χ3n) is 2.82. The minimum atomic E-state index is -0.309. The largest absolute Gasteiger partial charge is 0.320 e. The number of nitrogens with one attached hydrogen (secondary N) is 1. The summed E-state index contributed by atoms with van der Waals surface area (Å²) in [6.45, 7) is 1.77. The molecular formula is C13H13Cl2N3OS. The zero-order valence-electron chi connectivity index (χ0n) is 11.0. The Bertz CT molecular complexity index is 614. The molecule has 1 aliphatic carbocycles. The predicted molar refractivity (Wildman–Crippen MR) is 82.1 cm³/mol. The van der Waals surface area contributed by atoms with Gasteiger partial charge in [0.25, 0.3) is 5.91 Å². The molecule has 4 nitrogen and oxygen atoms in total. The Morgan fingerprint density at radius 1 is 1.45 bits per heavy atom. The molecule has 1 N–H and O–H groups in total.